The molecule has 1 aliphatic heterocycles. The lowest BCUT2D eigenvalue weighted by molar-refractivity contribution is -0.267. The fraction of sp³-hybridized carbons (Fsp3) is 0.938. The Kier molecular flexibility index (Phi) is 8.67. The Hall–Kier alpha value is -1.22. The normalized spacial score (nSPS) is 44.0. The highest BCUT2D eigenvalue weighted by Gasteiger charge is 2.67. The van der Waals surface area contributed by atoms with Gasteiger partial charge in [-0.05, 0) is 80.0 Å². The van der Waals surface area contributed by atoms with Crippen molar-refractivity contribution in [3.05, 3.63) is 0 Å². The standard InChI is InChI=1S/C32H54N2O6/c1-20(2)29(37)33-18-21(3)24-6-7-25-23-16-27(35)32(38)17-22(40-19-28(36)34-12-14-39-15-13-34)8-11-31(32,5)26(23)9-10-30(24,25)4/h20-27,35,38H,6-19H2,1-5H3,(H,33,37)/t21-,22+,23+,24-,25+,26+,27-,30-,31-,32+/m1/s1. The van der Waals surface area contributed by atoms with Crippen LogP contribution in [0.2, 0.25) is 0 Å². The van der Waals surface area contributed by atoms with Gasteiger partial charge in [0.05, 0.1) is 31.0 Å². The van der Waals surface area contributed by atoms with Gasteiger partial charge in [-0.15, -0.1) is 0 Å². The maximum Gasteiger partial charge on any atom is 0.248 e. The molecule has 4 aliphatic carbocycles. The largest absolute Gasteiger partial charge is 0.390 e. The molecule has 1 saturated heterocycles. The van der Waals surface area contributed by atoms with Crippen molar-refractivity contribution in [1.29, 1.82) is 0 Å². The minimum atomic E-state index is -1.20. The predicted molar refractivity (Wildman–Crippen MR) is 152 cm³/mol. The topological polar surface area (TPSA) is 108 Å². The zero-order valence-corrected chi connectivity index (χ0v) is 25.5. The molecule has 0 bridgehead atoms. The van der Waals surface area contributed by atoms with Crippen molar-refractivity contribution in [1.82, 2.24) is 10.2 Å². The van der Waals surface area contributed by atoms with Crippen LogP contribution in [0.3, 0.4) is 0 Å². The van der Waals surface area contributed by atoms with E-state index in [1.165, 1.54) is 12.8 Å². The number of carbonyl (C=O) groups excluding carboxylic acids is 2. The van der Waals surface area contributed by atoms with Crippen molar-refractivity contribution < 1.29 is 29.3 Å². The Morgan fingerprint density at radius 2 is 1.77 bits per heavy atom. The van der Waals surface area contributed by atoms with Crippen molar-refractivity contribution in [2.24, 2.45) is 46.3 Å². The van der Waals surface area contributed by atoms with Crippen LogP contribution in [0, 0.1) is 46.3 Å². The molecule has 5 rings (SSSR count). The number of nitrogens with one attached hydrogen (secondary N) is 1. The summed E-state index contributed by atoms with van der Waals surface area (Å²) in [6.07, 6.45) is 6.20. The van der Waals surface area contributed by atoms with Gasteiger partial charge in [0.25, 0.3) is 0 Å². The van der Waals surface area contributed by atoms with E-state index in [2.05, 4.69) is 26.1 Å². The van der Waals surface area contributed by atoms with Gasteiger partial charge in [0, 0.05) is 37.4 Å². The van der Waals surface area contributed by atoms with Crippen LogP contribution in [-0.2, 0) is 19.1 Å². The van der Waals surface area contributed by atoms with Gasteiger partial charge in [-0.1, -0.05) is 34.6 Å². The highest BCUT2D eigenvalue weighted by molar-refractivity contribution is 5.78. The van der Waals surface area contributed by atoms with Gasteiger partial charge in [-0.2, -0.15) is 0 Å². The first-order valence-corrected chi connectivity index (χ1v) is 16.1. The summed E-state index contributed by atoms with van der Waals surface area (Å²) in [5.41, 5.74) is -1.35. The fourth-order valence-electron chi connectivity index (χ4n) is 10.1. The number of amides is 2. The third-order valence-corrected chi connectivity index (χ3v) is 12.5. The molecule has 10 atom stereocenters. The molecule has 0 aromatic heterocycles. The molecule has 5 fully saturated rings. The van der Waals surface area contributed by atoms with Crippen LogP contribution in [-0.4, -0.2) is 84.2 Å². The maximum absolute atomic E-state index is 12.6. The van der Waals surface area contributed by atoms with Crippen LogP contribution in [0.1, 0.15) is 86.0 Å². The second-order valence-electron chi connectivity index (χ2n) is 14.7. The number of morpholine rings is 1. The smallest absolute Gasteiger partial charge is 0.248 e. The summed E-state index contributed by atoms with van der Waals surface area (Å²) in [4.78, 5) is 26.7. The number of hydrogen-bond donors (Lipinski definition) is 3. The summed E-state index contributed by atoms with van der Waals surface area (Å²) < 4.78 is 11.4. The van der Waals surface area contributed by atoms with Crippen LogP contribution in [0.5, 0.6) is 0 Å². The molecule has 8 heteroatoms. The van der Waals surface area contributed by atoms with Gasteiger partial charge >= 0.3 is 0 Å². The first kappa shape index (κ1) is 30.2. The summed E-state index contributed by atoms with van der Waals surface area (Å²) in [6.45, 7) is 14.0. The molecule has 5 aliphatic rings. The average molecular weight is 563 g/mol. The van der Waals surface area contributed by atoms with E-state index >= 15 is 0 Å². The Bertz CT molecular complexity index is 938. The van der Waals surface area contributed by atoms with Gasteiger partial charge in [0.2, 0.25) is 11.8 Å². The molecule has 3 N–H and O–H groups in total. The highest BCUT2D eigenvalue weighted by atomic mass is 16.5. The average Bonchev–Trinajstić information content (AvgIpc) is 3.29. The molecule has 0 unspecified atom stereocenters. The Labute approximate surface area is 240 Å². The van der Waals surface area contributed by atoms with Crippen molar-refractivity contribution in [2.45, 2.75) is 104 Å². The van der Waals surface area contributed by atoms with Gasteiger partial charge in [0.15, 0.2) is 0 Å². The number of hydrogen-bond acceptors (Lipinski definition) is 6. The van der Waals surface area contributed by atoms with Crippen LogP contribution < -0.4 is 5.32 Å². The molecule has 8 nitrogen and oxygen atoms in total. The van der Waals surface area contributed by atoms with Crippen LogP contribution >= 0.6 is 0 Å². The van der Waals surface area contributed by atoms with Gasteiger partial charge in [0.1, 0.15) is 6.61 Å². The second-order valence-corrected chi connectivity index (χ2v) is 14.7. The van der Waals surface area contributed by atoms with Gasteiger partial charge in [-0.3, -0.25) is 9.59 Å². The Balaban J connectivity index is 1.24. The minimum absolute atomic E-state index is 0.00326. The third-order valence-electron chi connectivity index (χ3n) is 12.5. The van der Waals surface area contributed by atoms with Gasteiger partial charge in [-0.25, -0.2) is 0 Å². The lowest BCUT2D eigenvalue weighted by Gasteiger charge is -2.65. The molecule has 0 aromatic rings. The summed E-state index contributed by atoms with van der Waals surface area (Å²) in [5, 5.41) is 26.9. The SMILES string of the molecule is CC(C)C(=O)NC[C@@H](C)[C@H]1CC[C@H]2[C@@H]3C[C@@H](O)[C@@]4(O)C[C@@H](OCC(=O)N5CCOCC5)CC[C@]4(C)[C@H]3CC[C@]12C. The molecule has 2 amide bonds. The van der Waals surface area contributed by atoms with E-state index in [4.69, 9.17) is 9.47 Å². The molecule has 40 heavy (non-hydrogen) atoms. The summed E-state index contributed by atoms with van der Waals surface area (Å²) in [6, 6.07) is 0. The number of carbonyl (C=O) groups is 2. The molecule has 1 heterocycles. The third kappa shape index (κ3) is 5.13. The molecule has 0 aromatic carbocycles. The van der Waals surface area contributed by atoms with E-state index in [1.807, 2.05) is 13.8 Å². The number of aliphatic hydroxyl groups excluding tert-OH is 1. The summed E-state index contributed by atoms with van der Waals surface area (Å²) in [5.74, 6) is 2.41. The number of rotatable bonds is 7. The quantitative estimate of drug-likeness (QED) is 0.439. The minimum Gasteiger partial charge on any atom is -0.390 e. The van der Waals surface area contributed by atoms with E-state index in [1.54, 1.807) is 4.90 Å². The van der Waals surface area contributed by atoms with Crippen LogP contribution in [0.4, 0.5) is 0 Å². The van der Waals surface area contributed by atoms with Crippen molar-refractivity contribution in [3.8, 4) is 0 Å². The van der Waals surface area contributed by atoms with E-state index < -0.39 is 11.7 Å². The molecule has 0 spiro atoms. The van der Waals surface area contributed by atoms with Crippen molar-refractivity contribution in [3.63, 3.8) is 0 Å². The highest BCUT2D eigenvalue weighted by Crippen LogP contribution is 2.69. The molecular weight excluding hydrogens is 508 g/mol. The van der Waals surface area contributed by atoms with Gasteiger partial charge < -0.3 is 29.9 Å². The molecule has 0 radical (unpaired) electrons. The Morgan fingerprint density at radius 3 is 2.48 bits per heavy atom. The maximum atomic E-state index is 12.6. The fourth-order valence-corrected chi connectivity index (χ4v) is 10.1. The van der Waals surface area contributed by atoms with E-state index in [0.717, 1.165) is 32.2 Å². The number of nitrogens with zero attached hydrogens (tertiary/aromatic N) is 1. The molecular formula is C32H54N2O6. The monoisotopic (exact) mass is 562 g/mol. The molecule has 4 saturated carbocycles. The predicted octanol–water partition coefficient (Wildman–Crippen LogP) is 3.38. The molecule has 228 valence electrons. The number of ether oxygens (including phenoxy) is 2. The lowest BCUT2D eigenvalue weighted by atomic mass is 9.42. The Morgan fingerprint density at radius 1 is 1.05 bits per heavy atom. The summed E-state index contributed by atoms with van der Waals surface area (Å²) in [7, 11) is 0. The van der Waals surface area contributed by atoms with E-state index in [-0.39, 0.29) is 41.3 Å². The number of aliphatic hydroxyl groups is 2. The lowest BCUT2D eigenvalue weighted by Crippen LogP contribution is -2.68. The first-order valence-electron chi connectivity index (χ1n) is 16.1. The summed E-state index contributed by atoms with van der Waals surface area (Å²) >= 11 is 0. The zero-order valence-electron chi connectivity index (χ0n) is 25.5. The zero-order chi connectivity index (χ0) is 28.9. The van der Waals surface area contributed by atoms with Crippen LogP contribution in [0.25, 0.3) is 0 Å². The second kappa shape index (κ2) is 11.5. The first-order chi connectivity index (χ1) is 18.9. The van der Waals surface area contributed by atoms with E-state index in [9.17, 15) is 19.8 Å². The van der Waals surface area contributed by atoms with E-state index in [0.29, 0.717) is 68.7 Å². The van der Waals surface area contributed by atoms with Crippen molar-refractivity contribution in [2.75, 3.05) is 39.5 Å². The number of fused-ring (bicyclic) bond motifs is 5. The van der Waals surface area contributed by atoms with Crippen molar-refractivity contribution >= 4 is 11.8 Å². The van der Waals surface area contributed by atoms with Crippen LogP contribution in [0.15, 0.2) is 0 Å².